The van der Waals surface area contributed by atoms with Gasteiger partial charge in [-0.1, -0.05) is 30.0 Å². The molecule has 0 bridgehead atoms. The van der Waals surface area contributed by atoms with Gasteiger partial charge >= 0.3 is 5.97 Å². The van der Waals surface area contributed by atoms with E-state index in [1.54, 1.807) is 11.8 Å². The van der Waals surface area contributed by atoms with Crippen molar-refractivity contribution in [3.8, 4) is 0 Å². The minimum atomic E-state index is -0.854. The Balaban J connectivity index is 1.56. The number of nitrogens with zero attached hydrogens (tertiary/aromatic N) is 1. The minimum absolute atomic E-state index is 0.0216. The molecule has 1 aliphatic rings. The minimum Gasteiger partial charge on any atom is -0.481 e. The molecule has 0 spiro atoms. The topological polar surface area (TPSA) is 88.5 Å². The summed E-state index contributed by atoms with van der Waals surface area (Å²) in [6.45, 7) is 0.731. The first-order chi connectivity index (χ1) is 12.6. The summed E-state index contributed by atoms with van der Waals surface area (Å²) in [6.07, 6.45) is 1.53. The van der Waals surface area contributed by atoms with Gasteiger partial charge in [0.05, 0.1) is 24.3 Å². The Bertz CT molecular complexity index is 797. The van der Waals surface area contributed by atoms with Crippen LogP contribution < -0.4 is 5.32 Å². The third-order valence-electron chi connectivity index (χ3n) is 3.92. The number of nitrogens with one attached hydrogen (secondary N) is 1. The molecule has 2 heterocycles. The molecule has 2 N–H and O–H groups in total. The molecule has 0 radical (unpaired) electrons. The second-order valence-corrected chi connectivity index (χ2v) is 7.03. The summed E-state index contributed by atoms with van der Waals surface area (Å²) in [6, 6.07) is 13.4. The van der Waals surface area contributed by atoms with Crippen LogP contribution >= 0.6 is 11.8 Å². The number of amides is 1. The van der Waals surface area contributed by atoms with Gasteiger partial charge in [-0.3, -0.25) is 14.6 Å². The van der Waals surface area contributed by atoms with E-state index in [0.29, 0.717) is 12.2 Å². The van der Waals surface area contributed by atoms with Crippen molar-refractivity contribution in [3.05, 3.63) is 59.4 Å². The van der Waals surface area contributed by atoms with Gasteiger partial charge in [0.1, 0.15) is 5.37 Å². The molecule has 1 aromatic carbocycles. The van der Waals surface area contributed by atoms with Gasteiger partial charge in [-0.2, -0.15) is 0 Å². The van der Waals surface area contributed by atoms with Crippen LogP contribution in [0.2, 0.25) is 0 Å². The molecule has 0 saturated carbocycles. The Morgan fingerprint density at radius 1 is 1.19 bits per heavy atom. The van der Waals surface area contributed by atoms with Gasteiger partial charge in [0.25, 0.3) is 5.91 Å². The molecule has 0 fully saturated rings. The van der Waals surface area contributed by atoms with Crippen LogP contribution in [0.15, 0.2) is 47.4 Å². The van der Waals surface area contributed by atoms with Crippen molar-refractivity contribution in [2.75, 3.05) is 13.2 Å². The molecule has 2 aromatic rings. The van der Waals surface area contributed by atoms with E-state index >= 15 is 0 Å². The number of pyridine rings is 1. The number of carboxylic acids is 1. The molecule has 26 heavy (non-hydrogen) atoms. The quantitative estimate of drug-likeness (QED) is 0.693. The standard InChI is InChI=1S/C19H20N2O4S/c22-17(23)10-12-25-11-4-6-13-5-3-8-15(20-13)19-21-18(24)14-7-1-2-9-16(14)26-19/h1-3,5,7-9,19H,4,6,10-12H2,(H,21,24)(H,22,23). The van der Waals surface area contributed by atoms with Gasteiger partial charge < -0.3 is 15.2 Å². The molecule has 0 saturated heterocycles. The number of carboxylic acid groups (broad SMARTS) is 1. The van der Waals surface area contributed by atoms with Crippen molar-refractivity contribution in [3.63, 3.8) is 0 Å². The molecule has 1 atom stereocenters. The van der Waals surface area contributed by atoms with Gasteiger partial charge in [0.2, 0.25) is 0 Å². The van der Waals surface area contributed by atoms with E-state index in [1.807, 2.05) is 42.5 Å². The molecule has 0 aliphatic carbocycles. The fourth-order valence-electron chi connectivity index (χ4n) is 2.64. The number of aromatic nitrogens is 1. The Morgan fingerprint density at radius 2 is 2.04 bits per heavy atom. The van der Waals surface area contributed by atoms with Crippen LogP contribution in [0.5, 0.6) is 0 Å². The summed E-state index contributed by atoms with van der Waals surface area (Å²) in [4.78, 5) is 28.3. The summed E-state index contributed by atoms with van der Waals surface area (Å²) < 4.78 is 5.30. The zero-order valence-corrected chi connectivity index (χ0v) is 15.0. The smallest absolute Gasteiger partial charge is 0.305 e. The lowest BCUT2D eigenvalue weighted by molar-refractivity contribution is -0.138. The molecule has 6 nitrogen and oxygen atoms in total. The second-order valence-electron chi connectivity index (χ2n) is 5.88. The lowest BCUT2D eigenvalue weighted by Crippen LogP contribution is -2.31. The number of carbonyl (C=O) groups is 2. The van der Waals surface area contributed by atoms with Crippen LogP contribution in [0.25, 0.3) is 0 Å². The summed E-state index contributed by atoms with van der Waals surface area (Å²) in [5, 5.41) is 11.3. The van der Waals surface area contributed by atoms with E-state index in [1.165, 1.54) is 0 Å². The second kappa shape index (κ2) is 8.82. The van der Waals surface area contributed by atoms with Crippen molar-refractivity contribution in [2.24, 2.45) is 0 Å². The molecule has 1 aliphatic heterocycles. The fraction of sp³-hybridized carbons (Fsp3) is 0.316. The third kappa shape index (κ3) is 4.83. The van der Waals surface area contributed by atoms with Crippen LogP contribution in [0.4, 0.5) is 0 Å². The first kappa shape index (κ1) is 18.4. The average Bonchev–Trinajstić information content (AvgIpc) is 2.64. The maximum Gasteiger partial charge on any atom is 0.305 e. The van der Waals surface area contributed by atoms with Gasteiger partial charge in [0, 0.05) is 17.2 Å². The lowest BCUT2D eigenvalue weighted by Gasteiger charge is -2.24. The monoisotopic (exact) mass is 372 g/mol. The first-order valence-corrected chi connectivity index (χ1v) is 9.33. The van der Waals surface area contributed by atoms with Gasteiger partial charge in [-0.25, -0.2) is 0 Å². The average molecular weight is 372 g/mol. The van der Waals surface area contributed by atoms with Crippen LogP contribution in [0, 0.1) is 0 Å². The molecule has 1 aromatic heterocycles. The lowest BCUT2D eigenvalue weighted by atomic mass is 10.2. The zero-order valence-electron chi connectivity index (χ0n) is 14.2. The van der Waals surface area contributed by atoms with Gasteiger partial charge in [0.15, 0.2) is 0 Å². The number of carbonyl (C=O) groups excluding carboxylic acids is 1. The highest BCUT2D eigenvalue weighted by atomic mass is 32.2. The molecule has 136 valence electrons. The Kier molecular flexibility index (Phi) is 6.25. The first-order valence-electron chi connectivity index (χ1n) is 8.45. The van der Waals surface area contributed by atoms with E-state index < -0.39 is 5.97 Å². The number of hydrogen-bond acceptors (Lipinski definition) is 5. The van der Waals surface area contributed by atoms with E-state index in [0.717, 1.165) is 29.1 Å². The van der Waals surface area contributed by atoms with E-state index in [9.17, 15) is 9.59 Å². The Hall–Kier alpha value is -2.38. The predicted molar refractivity (Wildman–Crippen MR) is 98.1 cm³/mol. The Labute approximate surface area is 156 Å². The van der Waals surface area contributed by atoms with Crippen LogP contribution in [0.1, 0.15) is 40.0 Å². The summed E-state index contributed by atoms with van der Waals surface area (Å²) >= 11 is 1.59. The van der Waals surface area contributed by atoms with Crippen LogP contribution in [0.3, 0.4) is 0 Å². The van der Waals surface area contributed by atoms with Crippen LogP contribution in [-0.2, 0) is 16.0 Å². The molecule has 1 unspecified atom stereocenters. The number of aliphatic carboxylic acids is 1. The third-order valence-corrected chi connectivity index (χ3v) is 5.12. The number of benzene rings is 1. The Morgan fingerprint density at radius 3 is 2.88 bits per heavy atom. The highest BCUT2D eigenvalue weighted by Gasteiger charge is 2.26. The number of thioether (sulfide) groups is 1. The molecular formula is C19H20N2O4S. The van der Waals surface area contributed by atoms with Crippen LogP contribution in [-0.4, -0.2) is 35.2 Å². The highest BCUT2D eigenvalue weighted by molar-refractivity contribution is 7.99. The maximum atomic E-state index is 12.3. The van der Waals surface area contributed by atoms with E-state index in [-0.39, 0.29) is 24.3 Å². The number of aryl methyl sites for hydroxylation is 1. The van der Waals surface area contributed by atoms with E-state index in [4.69, 9.17) is 9.84 Å². The van der Waals surface area contributed by atoms with Gasteiger partial charge in [-0.05, 0) is 37.1 Å². The fourth-order valence-corrected chi connectivity index (χ4v) is 3.76. The predicted octanol–water partition coefficient (Wildman–Crippen LogP) is 3.04. The summed E-state index contributed by atoms with van der Waals surface area (Å²) in [7, 11) is 0. The summed E-state index contributed by atoms with van der Waals surface area (Å²) in [5.74, 6) is -0.934. The van der Waals surface area contributed by atoms with Crippen molar-refractivity contribution >= 4 is 23.6 Å². The number of fused-ring (bicyclic) bond motifs is 1. The number of hydrogen-bond donors (Lipinski definition) is 2. The molecule has 7 heteroatoms. The molecule has 1 amide bonds. The van der Waals surface area contributed by atoms with Crippen molar-refractivity contribution < 1.29 is 19.4 Å². The molecular weight excluding hydrogens is 352 g/mol. The summed E-state index contributed by atoms with van der Waals surface area (Å²) in [5.41, 5.74) is 2.45. The van der Waals surface area contributed by atoms with Gasteiger partial charge in [-0.15, -0.1) is 0 Å². The van der Waals surface area contributed by atoms with Crippen molar-refractivity contribution in [1.82, 2.24) is 10.3 Å². The van der Waals surface area contributed by atoms with E-state index in [2.05, 4.69) is 10.3 Å². The largest absolute Gasteiger partial charge is 0.481 e. The SMILES string of the molecule is O=C(O)CCOCCCc1cccc(C2NC(=O)c3ccccc3S2)n1. The zero-order chi connectivity index (χ0) is 18.4. The molecule has 3 rings (SSSR count). The van der Waals surface area contributed by atoms with Crippen molar-refractivity contribution in [1.29, 1.82) is 0 Å². The number of ether oxygens (including phenoxy) is 1. The number of rotatable bonds is 8. The normalized spacial score (nSPS) is 16.0. The maximum absolute atomic E-state index is 12.3. The highest BCUT2D eigenvalue weighted by Crippen LogP contribution is 2.38. The van der Waals surface area contributed by atoms with Crippen molar-refractivity contribution in [2.45, 2.75) is 29.5 Å².